The molecule has 1 aromatic heterocycles. The highest BCUT2D eigenvalue weighted by atomic mass is 16.2. The predicted molar refractivity (Wildman–Crippen MR) is 76.9 cm³/mol. The molecule has 1 N–H and O–H groups in total. The summed E-state index contributed by atoms with van der Waals surface area (Å²) in [5, 5.41) is 3.41. The molecular weight excluding hydrogens is 238 g/mol. The molecule has 0 saturated heterocycles. The van der Waals surface area contributed by atoms with E-state index in [4.69, 9.17) is 0 Å². The van der Waals surface area contributed by atoms with Gasteiger partial charge in [-0.3, -0.25) is 4.79 Å². The van der Waals surface area contributed by atoms with E-state index < -0.39 is 0 Å². The van der Waals surface area contributed by atoms with Crippen LogP contribution in [0.4, 0.5) is 0 Å². The number of nitrogens with one attached hydrogen (secondary N) is 1. The van der Waals surface area contributed by atoms with Gasteiger partial charge in [0.2, 0.25) is 5.91 Å². The molecule has 0 radical (unpaired) electrons. The fraction of sp³-hybridized carbons (Fsp3) is 0.667. The van der Waals surface area contributed by atoms with Crippen LogP contribution >= 0.6 is 0 Å². The standard InChI is InChI=1S/C15H25N3O/c1-16-15(12-6-7-12)13-8-10-18(11-13)9-4-5-14(19)17(2)3/h8,10-12,15-16H,4-7,9H2,1-3H3. The van der Waals surface area contributed by atoms with Gasteiger partial charge in [0.25, 0.3) is 0 Å². The van der Waals surface area contributed by atoms with Crippen molar-refractivity contribution < 1.29 is 4.79 Å². The smallest absolute Gasteiger partial charge is 0.222 e. The second kappa shape index (κ2) is 6.24. The highest BCUT2D eigenvalue weighted by Gasteiger charge is 2.31. The summed E-state index contributed by atoms with van der Waals surface area (Å²) in [7, 11) is 5.66. The minimum atomic E-state index is 0.207. The average molecular weight is 263 g/mol. The zero-order chi connectivity index (χ0) is 13.8. The minimum Gasteiger partial charge on any atom is -0.354 e. The summed E-state index contributed by atoms with van der Waals surface area (Å²) in [4.78, 5) is 13.2. The molecule has 0 aromatic carbocycles. The Hall–Kier alpha value is -1.29. The zero-order valence-corrected chi connectivity index (χ0v) is 12.2. The molecule has 1 atom stereocenters. The number of hydrogen-bond acceptors (Lipinski definition) is 2. The van der Waals surface area contributed by atoms with Gasteiger partial charge in [-0.25, -0.2) is 0 Å². The summed E-state index contributed by atoms with van der Waals surface area (Å²) in [6.07, 6.45) is 8.56. The van der Waals surface area contributed by atoms with Gasteiger partial charge in [0.1, 0.15) is 0 Å². The molecule has 4 heteroatoms. The van der Waals surface area contributed by atoms with Crippen molar-refractivity contribution >= 4 is 5.91 Å². The van der Waals surface area contributed by atoms with Crippen molar-refractivity contribution in [2.24, 2.45) is 5.92 Å². The van der Waals surface area contributed by atoms with E-state index in [1.807, 2.05) is 21.1 Å². The lowest BCUT2D eigenvalue weighted by Crippen LogP contribution is -2.21. The maximum atomic E-state index is 11.5. The highest BCUT2D eigenvalue weighted by molar-refractivity contribution is 5.75. The predicted octanol–water partition coefficient (Wildman–Crippen LogP) is 2.03. The molecule has 1 aromatic rings. The van der Waals surface area contributed by atoms with E-state index in [1.54, 1.807) is 4.90 Å². The van der Waals surface area contributed by atoms with E-state index in [1.165, 1.54) is 18.4 Å². The van der Waals surface area contributed by atoms with Gasteiger partial charge >= 0.3 is 0 Å². The van der Waals surface area contributed by atoms with Crippen molar-refractivity contribution in [3.05, 3.63) is 24.0 Å². The average Bonchev–Trinajstić information content (AvgIpc) is 3.10. The van der Waals surface area contributed by atoms with Crippen LogP contribution in [0.1, 0.15) is 37.3 Å². The minimum absolute atomic E-state index is 0.207. The number of nitrogens with zero attached hydrogens (tertiary/aromatic N) is 2. The molecule has 19 heavy (non-hydrogen) atoms. The van der Waals surface area contributed by atoms with Crippen LogP contribution in [0.3, 0.4) is 0 Å². The van der Waals surface area contributed by atoms with E-state index in [2.05, 4.69) is 28.3 Å². The fourth-order valence-electron chi connectivity index (χ4n) is 2.52. The Balaban J connectivity index is 1.82. The number of rotatable bonds is 7. The molecule has 0 spiro atoms. The molecule has 0 bridgehead atoms. The molecule has 1 heterocycles. The first-order valence-electron chi connectivity index (χ1n) is 7.15. The van der Waals surface area contributed by atoms with Crippen LogP contribution in [0.5, 0.6) is 0 Å². The molecule has 106 valence electrons. The van der Waals surface area contributed by atoms with Crippen molar-refractivity contribution in [3.8, 4) is 0 Å². The summed E-state index contributed by atoms with van der Waals surface area (Å²) in [6.45, 7) is 0.917. The molecule has 0 aliphatic heterocycles. The third kappa shape index (κ3) is 3.83. The topological polar surface area (TPSA) is 37.3 Å². The fourth-order valence-corrected chi connectivity index (χ4v) is 2.52. The normalized spacial score (nSPS) is 16.4. The van der Waals surface area contributed by atoms with Gasteiger partial charge in [0.15, 0.2) is 0 Å². The second-order valence-corrected chi connectivity index (χ2v) is 5.68. The Labute approximate surface area is 115 Å². The van der Waals surface area contributed by atoms with Gasteiger partial charge in [-0.2, -0.15) is 0 Å². The number of amides is 1. The number of carbonyl (C=O) groups excluding carboxylic acids is 1. The quantitative estimate of drug-likeness (QED) is 0.817. The van der Waals surface area contributed by atoms with Crippen molar-refractivity contribution in [1.82, 2.24) is 14.8 Å². The van der Waals surface area contributed by atoms with Crippen molar-refractivity contribution in [2.45, 2.75) is 38.3 Å². The SMILES string of the molecule is CNC(c1ccn(CCCC(=O)N(C)C)c1)C1CC1. The Bertz CT molecular complexity index is 421. The first-order chi connectivity index (χ1) is 9.11. The van der Waals surface area contributed by atoms with E-state index in [0.717, 1.165) is 18.9 Å². The summed E-state index contributed by atoms with van der Waals surface area (Å²) in [6, 6.07) is 2.71. The lowest BCUT2D eigenvalue weighted by Gasteiger charge is -2.13. The lowest BCUT2D eigenvalue weighted by atomic mass is 10.1. The molecule has 1 saturated carbocycles. The summed E-state index contributed by atoms with van der Waals surface area (Å²) in [5.74, 6) is 1.02. The van der Waals surface area contributed by atoms with Crippen LogP contribution < -0.4 is 5.32 Å². The van der Waals surface area contributed by atoms with Crippen LogP contribution in [-0.4, -0.2) is 36.5 Å². The molecule has 1 fully saturated rings. The maximum absolute atomic E-state index is 11.5. The number of aryl methyl sites for hydroxylation is 1. The van der Waals surface area contributed by atoms with Gasteiger partial charge in [0.05, 0.1) is 0 Å². The van der Waals surface area contributed by atoms with E-state index >= 15 is 0 Å². The largest absolute Gasteiger partial charge is 0.354 e. The summed E-state index contributed by atoms with van der Waals surface area (Å²) < 4.78 is 2.20. The molecule has 2 rings (SSSR count). The lowest BCUT2D eigenvalue weighted by molar-refractivity contribution is -0.128. The van der Waals surface area contributed by atoms with E-state index in [-0.39, 0.29) is 5.91 Å². The number of carbonyl (C=O) groups is 1. The van der Waals surface area contributed by atoms with Gasteiger partial charge in [-0.1, -0.05) is 0 Å². The number of hydrogen-bond donors (Lipinski definition) is 1. The monoisotopic (exact) mass is 263 g/mol. The summed E-state index contributed by atoms with van der Waals surface area (Å²) >= 11 is 0. The van der Waals surface area contributed by atoms with Gasteiger partial charge < -0.3 is 14.8 Å². The van der Waals surface area contributed by atoms with Crippen molar-refractivity contribution in [1.29, 1.82) is 0 Å². The molecule has 1 aliphatic rings. The van der Waals surface area contributed by atoms with E-state index in [0.29, 0.717) is 12.5 Å². The second-order valence-electron chi connectivity index (χ2n) is 5.68. The first-order valence-corrected chi connectivity index (χ1v) is 7.15. The third-order valence-electron chi connectivity index (χ3n) is 3.84. The third-order valence-corrected chi connectivity index (χ3v) is 3.84. The van der Waals surface area contributed by atoms with Gasteiger partial charge in [-0.15, -0.1) is 0 Å². The first kappa shape index (κ1) is 14.1. The van der Waals surface area contributed by atoms with Crippen LogP contribution in [-0.2, 0) is 11.3 Å². The number of aromatic nitrogens is 1. The van der Waals surface area contributed by atoms with Crippen LogP contribution in [0.15, 0.2) is 18.5 Å². The zero-order valence-electron chi connectivity index (χ0n) is 12.2. The van der Waals surface area contributed by atoms with Gasteiger partial charge in [0, 0.05) is 45.5 Å². The van der Waals surface area contributed by atoms with Gasteiger partial charge in [-0.05, 0) is 43.9 Å². The summed E-state index contributed by atoms with van der Waals surface area (Å²) in [5.41, 5.74) is 1.38. The molecule has 1 aliphatic carbocycles. The Morgan fingerprint density at radius 1 is 1.53 bits per heavy atom. The molecule has 4 nitrogen and oxygen atoms in total. The molecule has 1 amide bonds. The van der Waals surface area contributed by atoms with Crippen molar-refractivity contribution in [3.63, 3.8) is 0 Å². The van der Waals surface area contributed by atoms with Crippen LogP contribution in [0.25, 0.3) is 0 Å². The maximum Gasteiger partial charge on any atom is 0.222 e. The Kier molecular flexibility index (Phi) is 4.64. The van der Waals surface area contributed by atoms with Crippen LogP contribution in [0, 0.1) is 5.92 Å². The molecule has 1 unspecified atom stereocenters. The van der Waals surface area contributed by atoms with Crippen LogP contribution in [0.2, 0.25) is 0 Å². The van der Waals surface area contributed by atoms with E-state index in [9.17, 15) is 4.79 Å². The Morgan fingerprint density at radius 2 is 2.26 bits per heavy atom. The van der Waals surface area contributed by atoms with Crippen molar-refractivity contribution in [2.75, 3.05) is 21.1 Å². The highest BCUT2D eigenvalue weighted by Crippen LogP contribution is 2.40. The Morgan fingerprint density at radius 3 is 2.84 bits per heavy atom. The molecular formula is C15H25N3O.